The second kappa shape index (κ2) is 4.74. The number of hydrogen-bond acceptors (Lipinski definition) is 4. The summed E-state index contributed by atoms with van der Waals surface area (Å²) >= 11 is 4.01. The molecular formula is C8H14O2S2. The quantitative estimate of drug-likeness (QED) is 0.642. The number of hydrogen-bond donors (Lipinski definition) is 0. The van der Waals surface area contributed by atoms with E-state index in [4.69, 9.17) is 9.47 Å². The molecule has 0 aromatic carbocycles. The van der Waals surface area contributed by atoms with Gasteiger partial charge in [-0.05, 0) is 0 Å². The van der Waals surface area contributed by atoms with Gasteiger partial charge in [-0.25, -0.2) is 0 Å². The van der Waals surface area contributed by atoms with Crippen molar-refractivity contribution in [3.05, 3.63) is 0 Å². The molecule has 0 aliphatic carbocycles. The van der Waals surface area contributed by atoms with E-state index in [2.05, 4.69) is 0 Å². The van der Waals surface area contributed by atoms with Gasteiger partial charge < -0.3 is 9.47 Å². The Morgan fingerprint density at radius 2 is 2.17 bits per heavy atom. The first kappa shape index (κ1) is 9.19. The summed E-state index contributed by atoms with van der Waals surface area (Å²) in [4.78, 5) is 0. The van der Waals surface area contributed by atoms with Crippen LogP contribution in [0.25, 0.3) is 0 Å². The standard InChI is InChI=1S/C8H14O2S2/c1-4-12-8(5-9-1)7-6-11-3-2-10-7/h7-8H,1-6H2. The van der Waals surface area contributed by atoms with E-state index in [0.29, 0.717) is 11.4 Å². The van der Waals surface area contributed by atoms with Gasteiger partial charge in [-0.3, -0.25) is 0 Å². The first-order chi connectivity index (χ1) is 5.97. The topological polar surface area (TPSA) is 18.5 Å². The van der Waals surface area contributed by atoms with Gasteiger partial charge in [-0.1, -0.05) is 0 Å². The van der Waals surface area contributed by atoms with E-state index in [0.717, 1.165) is 37.1 Å². The first-order valence-electron chi connectivity index (χ1n) is 4.35. The molecule has 2 aliphatic heterocycles. The summed E-state index contributed by atoms with van der Waals surface area (Å²) in [6.07, 6.45) is 0.439. The van der Waals surface area contributed by atoms with Crippen LogP contribution in [-0.4, -0.2) is 48.4 Å². The summed E-state index contributed by atoms with van der Waals surface area (Å²) in [5.74, 6) is 3.45. The van der Waals surface area contributed by atoms with Gasteiger partial charge in [0.15, 0.2) is 0 Å². The van der Waals surface area contributed by atoms with Gasteiger partial charge in [0, 0.05) is 17.3 Å². The van der Waals surface area contributed by atoms with Crippen LogP contribution in [0.2, 0.25) is 0 Å². The van der Waals surface area contributed by atoms with E-state index < -0.39 is 0 Å². The fourth-order valence-electron chi connectivity index (χ4n) is 1.44. The molecule has 0 aromatic heterocycles. The predicted octanol–water partition coefficient (Wildman–Crippen LogP) is 1.25. The highest BCUT2D eigenvalue weighted by molar-refractivity contribution is 8.00. The predicted molar refractivity (Wildman–Crippen MR) is 54.1 cm³/mol. The Hall–Kier alpha value is 0.620. The van der Waals surface area contributed by atoms with Crippen LogP contribution in [0.15, 0.2) is 0 Å². The number of rotatable bonds is 1. The van der Waals surface area contributed by atoms with Crippen LogP contribution in [0.1, 0.15) is 0 Å². The van der Waals surface area contributed by atoms with Gasteiger partial charge in [0.1, 0.15) is 0 Å². The third-order valence-electron chi connectivity index (χ3n) is 2.10. The Balaban J connectivity index is 1.80. The summed E-state index contributed by atoms with van der Waals surface area (Å²) in [6, 6.07) is 0. The molecule has 0 spiro atoms. The summed E-state index contributed by atoms with van der Waals surface area (Å²) in [7, 11) is 0. The highest BCUT2D eigenvalue weighted by atomic mass is 32.2. The second-order valence-electron chi connectivity index (χ2n) is 2.97. The highest BCUT2D eigenvalue weighted by Crippen LogP contribution is 2.26. The molecule has 12 heavy (non-hydrogen) atoms. The molecule has 2 fully saturated rings. The summed E-state index contributed by atoms with van der Waals surface area (Å²) in [5.41, 5.74) is 0. The van der Waals surface area contributed by atoms with Crippen LogP contribution < -0.4 is 0 Å². The van der Waals surface area contributed by atoms with E-state index >= 15 is 0 Å². The van der Waals surface area contributed by atoms with E-state index in [1.807, 2.05) is 23.5 Å². The van der Waals surface area contributed by atoms with Crippen molar-refractivity contribution in [1.82, 2.24) is 0 Å². The van der Waals surface area contributed by atoms with Gasteiger partial charge in [-0.15, -0.1) is 0 Å². The fraction of sp³-hybridized carbons (Fsp3) is 1.00. The van der Waals surface area contributed by atoms with Crippen LogP contribution >= 0.6 is 23.5 Å². The van der Waals surface area contributed by atoms with E-state index in [9.17, 15) is 0 Å². The third-order valence-corrected chi connectivity index (χ3v) is 4.39. The first-order valence-corrected chi connectivity index (χ1v) is 6.56. The van der Waals surface area contributed by atoms with Crippen LogP contribution in [0.4, 0.5) is 0 Å². The number of thioether (sulfide) groups is 2. The van der Waals surface area contributed by atoms with Crippen molar-refractivity contribution in [2.24, 2.45) is 0 Å². The van der Waals surface area contributed by atoms with Crippen molar-refractivity contribution in [1.29, 1.82) is 0 Å². The molecule has 0 saturated carbocycles. The van der Waals surface area contributed by atoms with Gasteiger partial charge in [0.25, 0.3) is 0 Å². The monoisotopic (exact) mass is 206 g/mol. The molecule has 2 rings (SSSR count). The normalized spacial score (nSPS) is 38.0. The zero-order valence-corrected chi connectivity index (χ0v) is 8.66. The maximum atomic E-state index is 5.70. The van der Waals surface area contributed by atoms with Crippen LogP contribution in [0.5, 0.6) is 0 Å². The molecule has 0 bridgehead atoms. The van der Waals surface area contributed by atoms with Crippen LogP contribution in [0, 0.1) is 0 Å². The lowest BCUT2D eigenvalue weighted by Crippen LogP contribution is -2.38. The molecule has 2 saturated heterocycles. The molecule has 70 valence electrons. The molecule has 2 atom stereocenters. The lowest BCUT2D eigenvalue weighted by atomic mass is 10.3. The lowest BCUT2D eigenvalue weighted by Gasteiger charge is -2.31. The summed E-state index contributed by atoms with van der Waals surface area (Å²) in [5, 5.41) is 0.589. The van der Waals surface area contributed by atoms with E-state index in [1.54, 1.807) is 0 Å². The zero-order chi connectivity index (χ0) is 8.23. The molecule has 2 nitrogen and oxygen atoms in total. The average Bonchev–Trinajstić information content (AvgIpc) is 2.21. The largest absolute Gasteiger partial charge is 0.379 e. The van der Waals surface area contributed by atoms with Crippen molar-refractivity contribution >= 4 is 23.5 Å². The number of ether oxygens (including phenoxy) is 2. The second-order valence-corrected chi connectivity index (χ2v) is 5.47. The Kier molecular flexibility index (Phi) is 3.63. The van der Waals surface area contributed by atoms with E-state index in [-0.39, 0.29) is 0 Å². The van der Waals surface area contributed by atoms with Gasteiger partial charge >= 0.3 is 0 Å². The molecule has 2 unspecified atom stereocenters. The molecule has 0 amide bonds. The minimum absolute atomic E-state index is 0.439. The molecular weight excluding hydrogens is 192 g/mol. The van der Waals surface area contributed by atoms with Crippen molar-refractivity contribution in [2.45, 2.75) is 11.4 Å². The Morgan fingerprint density at radius 1 is 1.17 bits per heavy atom. The van der Waals surface area contributed by atoms with Gasteiger partial charge in [-0.2, -0.15) is 23.5 Å². The minimum Gasteiger partial charge on any atom is -0.379 e. The maximum Gasteiger partial charge on any atom is 0.0806 e. The smallest absolute Gasteiger partial charge is 0.0806 e. The Bertz CT molecular complexity index is 115. The van der Waals surface area contributed by atoms with Crippen molar-refractivity contribution in [2.75, 3.05) is 37.1 Å². The Labute approximate surface area is 81.8 Å². The average molecular weight is 206 g/mol. The third kappa shape index (κ3) is 2.31. The van der Waals surface area contributed by atoms with Crippen LogP contribution in [0.3, 0.4) is 0 Å². The van der Waals surface area contributed by atoms with Crippen molar-refractivity contribution in [3.8, 4) is 0 Å². The van der Waals surface area contributed by atoms with E-state index in [1.165, 1.54) is 0 Å². The fourth-order valence-corrected chi connectivity index (χ4v) is 3.60. The lowest BCUT2D eigenvalue weighted by molar-refractivity contribution is 0.0422. The van der Waals surface area contributed by atoms with Crippen molar-refractivity contribution in [3.63, 3.8) is 0 Å². The highest BCUT2D eigenvalue weighted by Gasteiger charge is 2.27. The molecule has 0 aromatic rings. The summed E-state index contributed by atoms with van der Waals surface area (Å²) in [6.45, 7) is 2.73. The minimum atomic E-state index is 0.439. The van der Waals surface area contributed by atoms with Crippen molar-refractivity contribution < 1.29 is 9.47 Å². The van der Waals surface area contributed by atoms with Crippen LogP contribution in [-0.2, 0) is 9.47 Å². The van der Waals surface area contributed by atoms with Gasteiger partial charge in [0.05, 0.1) is 31.2 Å². The Morgan fingerprint density at radius 3 is 2.83 bits per heavy atom. The SMILES string of the molecule is C1CSC(C2CSCCO2)CO1. The zero-order valence-electron chi connectivity index (χ0n) is 7.03. The maximum absolute atomic E-state index is 5.70. The summed E-state index contributed by atoms with van der Waals surface area (Å²) < 4.78 is 11.1. The molecule has 2 heterocycles. The molecule has 0 N–H and O–H groups in total. The molecule has 4 heteroatoms. The van der Waals surface area contributed by atoms with Gasteiger partial charge in [0.2, 0.25) is 0 Å². The molecule has 0 radical (unpaired) electrons. The molecule has 2 aliphatic rings.